The minimum absolute atomic E-state index is 0.142. The first-order chi connectivity index (χ1) is 13.5. The molecule has 146 valence electrons. The number of nitrogens with zero attached hydrogens (tertiary/aromatic N) is 2. The first kappa shape index (κ1) is 19.9. The van der Waals surface area contributed by atoms with E-state index in [4.69, 9.17) is 4.52 Å². The summed E-state index contributed by atoms with van der Waals surface area (Å²) in [5, 5.41) is 18.9. The Morgan fingerprint density at radius 2 is 1.96 bits per heavy atom. The summed E-state index contributed by atoms with van der Waals surface area (Å²) < 4.78 is 6.29. The Kier molecular flexibility index (Phi) is 6.36. The van der Waals surface area contributed by atoms with Crippen molar-refractivity contribution in [3.63, 3.8) is 0 Å². The Labute approximate surface area is 168 Å². The third-order valence-electron chi connectivity index (χ3n) is 4.48. The number of hydrogen-bond donors (Lipinski definition) is 1. The fourth-order valence-electron chi connectivity index (χ4n) is 2.93. The molecule has 1 N–H and O–H groups in total. The number of para-hydroxylation sites is 2. The number of aromatic nitrogens is 2. The predicted molar refractivity (Wildman–Crippen MR) is 107 cm³/mol. The second-order valence-electron chi connectivity index (χ2n) is 6.38. The Balaban J connectivity index is 1.84. The molecule has 0 aliphatic heterocycles. The predicted octanol–water partition coefficient (Wildman–Crippen LogP) is 3.41. The van der Waals surface area contributed by atoms with Crippen LogP contribution in [-0.4, -0.2) is 16.4 Å². The van der Waals surface area contributed by atoms with E-state index in [-0.39, 0.29) is 10.9 Å². The van der Waals surface area contributed by atoms with E-state index in [2.05, 4.69) is 17.5 Å². The van der Waals surface area contributed by atoms with Crippen molar-refractivity contribution in [2.24, 2.45) is 0 Å². The molecule has 0 aliphatic carbocycles. The number of benzene rings is 2. The van der Waals surface area contributed by atoms with Crippen LogP contribution in [0.2, 0.25) is 0 Å². The number of carbonyl (C=O) groups excluding carboxylic acids is 1. The molecule has 0 saturated carbocycles. The minimum atomic E-state index is -0.551. The van der Waals surface area contributed by atoms with E-state index < -0.39 is 11.2 Å². The number of nitrogens with one attached hydrogen (secondary N) is 1. The second-order valence-corrected chi connectivity index (χ2v) is 7.57. The molecule has 0 radical (unpaired) electrons. The number of rotatable bonds is 7. The summed E-state index contributed by atoms with van der Waals surface area (Å²) in [5.74, 6) is -0.693. The van der Waals surface area contributed by atoms with Crippen LogP contribution in [0.25, 0.3) is 5.69 Å². The van der Waals surface area contributed by atoms with Crippen molar-refractivity contribution in [3.05, 3.63) is 59.7 Å². The Morgan fingerprint density at radius 3 is 2.64 bits per heavy atom. The number of hydrogen-bond acceptors (Lipinski definition) is 5. The van der Waals surface area contributed by atoms with Gasteiger partial charge in [-0.2, -0.15) is 0 Å². The molecule has 1 aromatic heterocycles. The van der Waals surface area contributed by atoms with Gasteiger partial charge >= 0.3 is 0 Å². The largest absolute Gasteiger partial charge is 0.538 e. The molecule has 6 nitrogen and oxygen atoms in total. The van der Waals surface area contributed by atoms with Crippen molar-refractivity contribution in [1.82, 2.24) is 5.27 Å². The molecule has 1 atom stereocenters. The topological polar surface area (TPSA) is 82.1 Å². The van der Waals surface area contributed by atoms with Gasteiger partial charge in [0.05, 0.1) is 10.5 Å². The Morgan fingerprint density at radius 1 is 1.21 bits per heavy atom. The van der Waals surface area contributed by atoms with Gasteiger partial charge in [0.15, 0.2) is 5.95 Å². The Bertz CT molecular complexity index is 957. The highest BCUT2D eigenvalue weighted by Crippen LogP contribution is 2.30. The summed E-state index contributed by atoms with van der Waals surface area (Å²) in [6.45, 7) is 5.95. The molecular weight excluding hydrogens is 374 g/mol. The molecular formula is C21H23N3O3S. The molecule has 7 heteroatoms. The van der Waals surface area contributed by atoms with Gasteiger partial charge in [-0.15, -0.1) is 0 Å². The normalized spacial score (nSPS) is 12.0. The summed E-state index contributed by atoms with van der Waals surface area (Å²) in [7, 11) is 0. The number of aryl methyl sites for hydroxylation is 2. The lowest BCUT2D eigenvalue weighted by atomic mass is 10.1. The van der Waals surface area contributed by atoms with Crippen LogP contribution in [0.4, 0.5) is 5.69 Å². The second kappa shape index (κ2) is 8.93. The fraction of sp³-hybridized carbons (Fsp3) is 0.286. The third-order valence-corrected chi connectivity index (χ3v) is 5.87. The average Bonchev–Trinajstić information content (AvgIpc) is 3.08. The van der Waals surface area contributed by atoms with Crippen LogP contribution in [0.15, 0.2) is 58.1 Å². The van der Waals surface area contributed by atoms with E-state index in [1.807, 2.05) is 62.4 Å². The van der Waals surface area contributed by atoms with Crippen molar-refractivity contribution in [1.29, 1.82) is 0 Å². The van der Waals surface area contributed by atoms with Crippen LogP contribution in [0, 0.1) is 6.92 Å². The highest BCUT2D eigenvalue weighted by atomic mass is 32.2. The molecule has 1 amide bonds. The van der Waals surface area contributed by atoms with Crippen molar-refractivity contribution in [2.75, 3.05) is 5.32 Å². The number of amides is 1. The van der Waals surface area contributed by atoms with Crippen LogP contribution in [0.3, 0.4) is 0 Å². The van der Waals surface area contributed by atoms with Crippen molar-refractivity contribution in [3.8, 4) is 11.6 Å². The smallest absolute Gasteiger partial charge is 0.298 e. The third kappa shape index (κ3) is 4.20. The molecule has 2 aromatic carbocycles. The Hall–Kier alpha value is -2.80. The molecule has 28 heavy (non-hydrogen) atoms. The maximum absolute atomic E-state index is 13.0. The van der Waals surface area contributed by atoms with Gasteiger partial charge in [-0.05, 0) is 47.3 Å². The first-order valence-electron chi connectivity index (χ1n) is 9.25. The zero-order valence-corrected chi connectivity index (χ0v) is 17.0. The number of thioether (sulfide) groups is 1. The number of anilines is 1. The molecule has 0 fully saturated rings. The zero-order valence-electron chi connectivity index (χ0n) is 16.1. The average molecular weight is 398 g/mol. The van der Waals surface area contributed by atoms with E-state index in [9.17, 15) is 9.90 Å². The van der Waals surface area contributed by atoms with Gasteiger partial charge in [-0.25, -0.2) is 0 Å². The summed E-state index contributed by atoms with van der Waals surface area (Å²) in [6, 6.07) is 15.2. The molecule has 1 heterocycles. The van der Waals surface area contributed by atoms with Crippen LogP contribution in [-0.2, 0) is 11.2 Å². The highest BCUT2D eigenvalue weighted by Gasteiger charge is 2.28. The molecule has 3 aromatic rings. The lowest BCUT2D eigenvalue weighted by Crippen LogP contribution is -2.36. The standard InChI is InChI=1S/C21H23N3O3S/c1-4-15-11-9-10-14(3)18(15)22-19(25)17(5-2)28-20-21(26)27-23-24(20)16-12-7-6-8-13-16/h6-13,17H,4-5H2,1-3H3,(H-,22,23,25,26). The summed E-state index contributed by atoms with van der Waals surface area (Å²) in [6.07, 6.45) is 1.38. The molecule has 0 aliphatic rings. The first-order valence-corrected chi connectivity index (χ1v) is 10.1. The quantitative estimate of drug-likeness (QED) is 0.488. The van der Waals surface area contributed by atoms with Gasteiger partial charge in [0.2, 0.25) is 11.6 Å². The van der Waals surface area contributed by atoms with Gasteiger partial charge in [0.25, 0.3) is 5.03 Å². The summed E-state index contributed by atoms with van der Waals surface area (Å²) >= 11 is 1.17. The molecule has 0 saturated heterocycles. The van der Waals surface area contributed by atoms with E-state index in [1.165, 1.54) is 16.4 Å². The van der Waals surface area contributed by atoms with E-state index in [0.29, 0.717) is 12.1 Å². The summed E-state index contributed by atoms with van der Waals surface area (Å²) in [5.41, 5.74) is 3.65. The summed E-state index contributed by atoms with van der Waals surface area (Å²) in [4.78, 5) is 13.0. The highest BCUT2D eigenvalue weighted by molar-refractivity contribution is 8.00. The van der Waals surface area contributed by atoms with Gasteiger partial charge < -0.3 is 14.9 Å². The van der Waals surface area contributed by atoms with Gasteiger partial charge in [-0.3, -0.25) is 4.79 Å². The molecule has 1 unspecified atom stereocenters. The number of carbonyl (C=O) groups is 1. The van der Waals surface area contributed by atoms with E-state index >= 15 is 0 Å². The maximum atomic E-state index is 13.0. The van der Waals surface area contributed by atoms with Crippen LogP contribution in [0.5, 0.6) is 5.95 Å². The fourth-order valence-corrected chi connectivity index (χ4v) is 3.91. The van der Waals surface area contributed by atoms with Gasteiger partial charge in [-0.1, -0.05) is 50.2 Å². The van der Waals surface area contributed by atoms with Crippen molar-refractivity contribution >= 4 is 23.4 Å². The molecule has 3 rings (SSSR count). The van der Waals surface area contributed by atoms with Crippen molar-refractivity contribution < 1.29 is 19.1 Å². The van der Waals surface area contributed by atoms with Gasteiger partial charge in [0, 0.05) is 17.8 Å². The lowest BCUT2D eigenvalue weighted by Gasteiger charge is -2.17. The molecule has 0 bridgehead atoms. The van der Waals surface area contributed by atoms with Crippen molar-refractivity contribution in [2.45, 2.75) is 43.9 Å². The van der Waals surface area contributed by atoms with Crippen LogP contribution < -0.4 is 15.1 Å². The SMILES string of the molecule is CCc1cccc(C)c1NC(=O)C(CC)Sc1c([O-])on[n+]1-c1ccccc1. The van der Waals surface area contributed by atoms with Gasteiger partial charge in [0.1, 0.15) is 0 Å². The minimum Gasteiger partial charge on any atom is -0.538 e. The van der Waals surface area contributed by atoms with Crippen LogP contribution in [0.1, 0.15) is 31.4 Å². The molecule has 0 spiro atoms. The lowest BCUT2D eigenvalue weighted by molar-refractivity contribution is -0.705. The van der Waals surface area contributed by atoms with E-state index in [1.54, 1.807) is 0 Å². The van der Waals surface area contributed by atoms with E-state index in [0.717, 1.165) is 23.2 Å². The monoisotopic (exact) mass is 397 g/mol. The van der Waals surface area contributed by atoms with Crippen LogP contribution >= 0.6 is 11.8 Å². The maximum Gasteiger partial charge on any atom is 0.298 e. The zero-order chi connectivity index (χ0) is 20.1.